The van der Waals surface area contributed by atoms with Gasteiger partial charge in [0.25, 0.3) is 5.69 Å². The molecule has 0 aliphatic carbocycles. The molecule has 0 N–H and O–H groups in total. The van der Waals surface area contributed by atoms with Crippen LogP contribution in [0.5, 0.6) is 17.2 Å². The molecular formula is C16H11FN2O4. The number of non-ortho nitro benzene ring substituents is 1. The van der Waals surface area contributed by atoms with E-state index in [9.17, 15) is 14.5 Å². The van der Waals surface area contributed by atoms with Crippen molar-refractivity contribution in [3.8, 4) is 17.2 Å². The molecule has 0 unspecified atom stereocenters. The summed E-state index contributed by atoms with van der Waals surface area (Å²) in [5, 5.41) is 11.3. The van der Waals surface area contributed by atoms with E-state index in [1.807, 2.05) is 0 Å². The van der Waals surface area contributed by atoms with Gasteiger partial charge in [-0.2, -0.15) is 0 Å². The van der Waals surface area contributed by atoms with Gasteiger partial charge in [-0.1, -0.05) is 0 Å². The van der Waals surface area contributed by atoms with Crippen molar-refractivity contribution in [1.29, 1.82) is 0 Å². The highest BCUT2D eigenvalue weighted by molar-refractivity contribution is 5.86. The zero-order valence-electron chi connectivity index (χ0n) is 12.0. The van der Waals surface area contributed by atoms with E-state index in [1.54, 1.807) is 24.3 Å². The maximum atomic E-state index is 14.0. The lowest BCUT2D eigenvalue weighted by atomic mass is 10.2. The third kappa shape index (κ3) is 2.89. The van der Waals surface area contributed by atoms with Crippen LogP contribution in [0.3, 0.4) is 0 Å². The van der Waals surface area contributed by atoms with Gasteiger partial charge in [-0.3, -0.25) is 15.1 Å². The maximum absolute atomic E-state index is 14.0. The molecule has 0 radical (unpaired) electrons. The van der Waals surface area contributed by atoms with Crippen LogP contribution in [0, 0.1) is 15.9 Å². The summed E-state index contributed by atoms with van der Waals surface area (Å²) in [6.07, 6.45) is 1.54. The number of methoxy groups -OCH3 is 1. The fourth-order valence-electron chi connectivity index (χ4n) is 2.12. The monoisotopic (exact) mass is 314 g/mol. The molecule has 23 heavy (non-hydrogen) atoms. The summed E-state index contributed by atoms with van der Waals surface area (Å²) < 4.78 is 24.7. The summed E-state index contributed by atoms with van der Waals surface area (Å²) in [4.78, 5) is 14.2. The Morgan fingerprint density at radius 3 is 2.65 bits per heavy atom. The highest BCUT2D eigenvalue weighted by Gasteiger charge is 2.13. The molecule has 6 nitrogen and oxygen atoms in total. The number of hydrogen-bond donors (Lipinski definition) is 0. The van der Waals surface area contributed by atoms with Gasteiger partial charge in [0.05, 0.1) is 23.6 Å². The van der Waals surface area contributed by atoms with Gasteiger partial charge < -0.3 is 9.47 Å². The lowest BCUT2D eigenvalue weighted by Gasteiger charge is -2.10. The summed E-state index contributed by atoms with van der Waals surface area (Å²) in [5.74, 6) is 0.0687. The first-order valence-corrected chi connectivity index (χ1v) is 6.63. The van der Waals surface area contributed by atoms with Crippen LogP contribution in [0.25, 0.3) is 10.9 Å². The molecule has 1 heterocycles. The van der Waals surface area contributed by atoms with Crippen LogP contribution in [0.4, 0.5) is 10.1 Å². The van der Waals surface area contributed by atoms with E-state index in [4.69, 9.17) is 9.47 Å². The molecule has 0 bridgehead atoms. The van der Waals surface area contributed by atoms with Gasteiger partial charge in [-0.15, -0.1) is 0 Å². The van der Waals surface area contributed by atoms with Crippen molar-refractivity contribution in [2.24, 2.45) is 0 Å². The summed E-state index contributed by atoms with van der Waals surface area (Å²) in [6.45, 7) is 0. The topological polar surface area (TPSA) is 74.5 Å². The number of nitrogens with zero attached hydrogens (tertiary/aromatic N) is 2. The number of benzene rings is 2. The van der Waals surface area contributed by atoms with Gasteiger partial charge in [0.15, 0.2) is 11.6 Å². The zero-order chi connectivity index (χ0) is 16.4. The van der Waals surface area contributed by atoms with E-state index in [-0.39, 0.29) is 11.4 Å². The fraction of sp³-hybridized carbons (Fsp3) is 0.0625. The summed E-state index contributed by atoms with van der Waals surface area (Å²) >= 11 is 0. The minimum atomic E-state index is -0.813. The second-order valence-corrected chi connectivity index (χ2v) is 4.67. The molecule has 0 aliphatic rings. The van der Waals surface area contributed by atoms with Crippen LogP contribution in [-0.4, -0.2) is 17.0 Å². The number of nitro benzene ring substituents is 1. The molecule has 3 rings (SSSR count). The van der Waals surface area contributed by atoms with Gasteiger partial charge in [-0.25, -0.2) is 4.39 Å². The smallest absolute Gasteiger partial charge is 0.272 e. The molecule has 3 aromatic rings. The van der Waals surface area contributed by atoms with E-state index in [0.717, 1.165) is 6.07 Å². The first-order chi connectivity index (χ1) is 11.1. The molecule has 2 aromatic carbocycles. The number of rotatable bonds is 4. The Kier molecular flexibility index (Phi) is 3.76. The normalized spacial score (nSPS) is 10.5. The molecule has 0 amide bonds. The SMILES string of the molecule is COc1ccc2nccc(Oc3ccc([N+](=O)[O-])cc3F)c2c1. The van der Waals surface area contributed by atoms with Crippen molar-refractivity contribution < 1.29 is 18.8 Å². The van der Waals surface area contributed by atoms with Crippen molar-refractivity contribution in [2.45, 2.75) is 0 Å². The first-order valence-electron chi connectivity index (χ1n) is 6.63. The molecule has 0 aliphatic heterocycles. The lowest BCUT2D eigenvalue weighted by Crippen LogP contribution is -1.94. The molecule has 1 aromatic heterocycles. The molecular weight excluding hydrogens is 303 g/mol. The molecule has 0 atom stereocenters. The van der Waals surface area contributed by atoms with Crippen molar-refractivity contribution in [3.05, 3.63) is 64.6 Å². The van der Waals surface area contributed by atoms with Gasteiger partial charge in [-0.05, 0) is 30.3 Å². The Bertz CT molecular complexity index is 898. The molecule has 0 saturated heterocycles. The predicted molar refractivity (Wildman–Crippen MR) is 81.4 cm³/mol. The quantitative estimate of drug-likeness (QED) is 0.536. The number of pyridine rings is 1. The summed E-state index contributed by atoms with van der Waals surface area (Å²) in [5.41, 5.74) is 0.321. The third-order valence-corrected chi connectivity index (χ3v) is 3.25. The van der Waals surface area contributed by atoms with E-state index < -0.39 is 10.7 Å². The van der Waals surface area contributed by atoms with Crippen molar-refractivity contribution in [2.75, 3.05) is 7.11 Å². The number of ether oxygens (including phenoxy) is 2. The Labute approximate surface area is 130 Å². The van der Waals surface area contributed by atoms with Crippen LogP contribution >= 0.6 is 0 Å². The first kappa shape index (κ1) is 14.7. The van der Waals surface area contributed by atoms with Gasteiger partial charge in [0.2, 0.25) is 0 Å². The minimum Gasteiger partial charge on any atom is -0.497 e. The highest BCUT2D eigenvalue weighted by atomic mass is 19.1. The lowest BCUT2D eigenvalue weighted by molar-refractivity contribution is -0.385. The summed E-state index contributed by atoms with van der Waals surface area (Å²) in [7, 11) is 1.54. The minimum absolute atomic E-state index is 0.106. The molecule has 0 spiro atoms. The van der Waals surface area contributed by atoms with E-state index in [0.29, 0.717) is 22.4 Å². The second-order valence-electron chi connectivity index (χ2n) is 4.67. The average Bonchev–Trinajstić information content (AvgIpc) is 2.56. The molecule has 7 heteroatoms. The number of fused-ring (bicyclic) bond motifs is 1. The number of aromatic nitrogens is 1. The second kappa shape index (κ2) is 5.88. The van der Waals surface area contributed by atoms with Crippen LogP contribution < -0.4 is 9.47 Å². The van der Waals surface area contributed by atoms with E-state index in [1.165, 1.54) is 25.4 Å². The van der Waals surface area contributed by atoms with Crippen molar-refractivity contribution >= 4 is 16.6 Å². The van der Waals surface area contributed by atoms with Crippen LogP contribution in [0.2, 0.25) is 0 Å². The van der Waals surface area contributed by atoms with Crippen LogP contribution in [0.15, 0.2) is 48.7 Å². The maximum Gasteiger partial charge on any atom is 0.272 e. The Morgan fingerprint density at radius 1 is 1.13 bits per heavy atom. The van der Waals surface area contributed by atoms with E-state index >= 15 is 0 Å². The van der Waals surface area contributed by atoms with Crippen molar-refractivity contribution in [1.82, 2.24) is 4.98 Å². The Balaban J connectivity index is 2.03. The largest absolute Gasteiger partial charge is 0.497 e. The van der Waals surface area contributed by atoms with Crippen molar-refractivity contribution in [3.63, 3.8) is 0 Å². The molecule has 116 valence electrons. The Hall–Kier alpha value is -3.22. The van der Waals surface area contributed by atoms with E-state index in [2.05, 4.69) is 4.98 Å². The summed E-state index contributed by atoms with van der Waals surface area (Å²) in [6, 6.07) is 10.0. The predicted octanol–water partition coefficient (Wildman–Crippen LogP) is 4.08. The molecule has 0 fully saturated rings. The van der Waals surface area contributed by atoms with Crippen LogP contribution in [-0.2, 0) is 0 Å². The highest BCUT2D eigenvalue weighted by Crippen LogP contribution is 2.33. The Morgan fingerprint density at radius 2 is 1.96 bits per heavy atom. The third-order valence-electron chi connectivity index (χ3n) is 3.25. The van der Waals surface area contributed by atoms with Crippen LogP contribution in [0.1, 0.15) is 0 Å². The van der Waals surface area contributed by atoms with Gasteiger partial charge in [0.1, 0.15) is 11.5 Å². The standard InChI is InChI=1S/C16H11FN2O4/c1-22-11-3-4-14-12(9-11)15(6-7-18-14)23-16-5-2-10(19(20)21)8-13(16)17/h2-9H,1H3. The van der Waals surface area contributed by atoms with Gasteiger partial charge in [0, 0.05) is 17.6 Å². The number of nitro groups is 1. The number of halogens is 1. The average molecular weight is 314 g/mol. The zero-order valence-corrected chi connectivity index (χ0v) is 12.0. The fourth-order valence-corrected chi connectivity index (χ4v) is 2.12. The van der Waals surface area contributed by atoms with Gasteiger partial charge >= 0.3 is 0 Å². The number of hydrogen-bond acceptors (Lipinski definition) is 5. The molecule has 0 saturated carbocycles.